The van der Waals surface area contributed by atoms with Gasteiger partial charge in [0.15, 0.2) is 0 Å². The smallest absolute Gasteiger partial charge is 0.143 e. The summed E-state index contributed by atoms with van der Waals surface area (Å²) in [6.45, 7) is 1.68. The topological polar surface area (TPSA) is 44.1 Å². The zero-order chi connectivity index (χ0) is 11.7. The Labute approximate surface area is 99.5 Å². The number of hydrogen-bond acceptors (Lipinski definition) is 3. The van der Waals surface area contributed by atoms with Crippen LogP contribution in [0.4, 0.5) is 0 Å². The molecular weight excluding hydrogens is 217 g/mol. The van der Waals surface area contributed by atoms with E-state index in [-0.39, 0.29) is 5.75 Å². The Morgan fingerprint density at radius 3 is 2.44 bits per heavy atom. The first kappa shape index (κ1) is 11.0. The zero-order valence-corrected chi connectivity index (χ0v) is 10.1. The van der Waals surface area contributed by atoms with Crippen molar-refractivity contribution >= 4 is 30.4 Å². The summed E-state index contributed by atoms with van der Waals surface area (Å²) in [7, 11) is 2.03. The molecule has 1 heterocycles. The first-order valence-electron chi connectivity index (χ1n) is 5.02. The monoisotopic (exact) mass is 229 g/mol. The van der Waals surface area contributed by atoms with Crippen molar-refractivity contribution in [3.8, 4) is 16.2 Å². The van der Waals surface area contributed by atoms with Crippen molar-refractivity contribution in [2.24, 2.45) is 0 Å². The van der Waals surface area contributed by atoms with Gasteiger partial charge in [-0.1, -0.05) is 29.7 Å². The van der Waals surface area contributed by atoms with Crippen LogP contribution in [0.2, 0.25) is 0 Å². The van der Waals surface area contributed by atoms with Crippen molar-refractivity contribution < 1.29 is 5.11 Å². The average Bonchev–Trinajstić information content (AvgIpc) is 2.61. The lowest BCUT2D eigenvalue weighted by Gasteiger charge is -2.01. The zero-order valence-electron chi connectivity index (χ0n) is 9.24. The van der Waals surface area contributed by atoms with Crippen LogP contribution in [-0.4, -0.2) is 18.7 Å². The second-order valence-electron chi connectivity index (χ2n) is 3.82. The Morgan fingerprint density at radius 2 is 1.94 bits per heavy atom. The van der Waals surface area contributed by atoms with Crippen LogP contribution in [-0.2, 0) is 0 Å². The molecule has 0 saturated heterocycles. The van der Waals surface area contributed by atoms with Gasteiger partial charge < -0.3 is 10.5 Å². The molecule has 1 aromatic heterocycles. The summed E-state index contributed by atoms with van der Waals surface area (Å²) < 4.78 is 0. The minimum Gasteiger partial charge on any atom is -0.506 e. The molecule has 2 aromatic rings. The van der Waals surface area contributed by atoms with Crippen LogP contribution >= 0.6 is 11.3 Å². The van der Waals surface area contributed by atoms with Gasteiger partial charge >= 0.3 is 0 Å². The second-order valence-corrected chi connectivity index (χ2v) is 4.70. The minimum atomic E-state index is 0.223. The van der Waals surface area contributed by atoms with Gasteiger partial charge in [-0.05, 0) is 12.5 Å². The maximum atomic E-state index is 9.99. The Balaban J connectivity index is 2.49. The van der Waals surface area contributed by atoms with E-state index in [0.717, 1.165) is 10.4 Å². The van der Waals surface area contributed by atoms with Gasteiger partial charge in [0, 0.05) is 16.7 Å². The molecule has 0 bridgehead atoms. The SMILES string of the molecule is Bc1ccc(-c2scc(C(C)=N)c2O)cc1. The van der Waals surface area contributed by atoms with Gasteiger partial charge in [-0.2, -0.15) is 0 Å². The van der Waals surface area contributed by atoms with E-state index in [9.17, 15) is 5.11 Å². The van der Waals surface area contributed by atoms with Crippen molar-refractivity contribution in [2.45, 2.75) is 6.92 Å². The van der Waals surface area contributed by atoms with E-state index >= 15 is 0 Å². The molecule has 4 heteroatoms. The van der Waals surface area contributed by atoms with Crippen LogP contribution in [0.5, 0.6) is 5.75 Å². The third-order valence-corrected chi connectivity index (χ3v) is 3.50. The number of hydrogen-bond donors (Lipinski definition) is 2. The fourth-order valence-corrected chi connectivity index (χ4v) is 2.55. The van der Waals surface area contributed by atoms with Crippen molar-refractivity contribution in [3.63, 3.8) is 0 Å². The first-order chi connectivity index (χ1) is 7.59. The molecule has 16 heavy (non-hydrogen) atoms. The van der Waals surface area contributed by atoms with Crippen molar-refractivity contribution in [1.82, 2.24) is 0 Å². The van der Waals surface area contributed by atoms with Crippen LogP contribution in [0.25, 0.3) is 10.4 Å². The van der Waals surface area contributed by atoms with E-state index in [1.807, 2.05) is 37.5 Å². The summed E-state index contributed by atoms with van der Waals surface area (Å²) in [5.41, 5.74) is 3.22. The number of thiophene rings is 1. The van der Waals surface area contributed by atoms with E-state index in [1.54, 1.807) is 6.92 Å². The summed E-state index contributed by atoms with van der Waals surface area (Å²) in [5, 5.41) is 19.4. The van der Waals surface area contributed by atoms with Crippen molar-refractivity contribution in [1.29, 1.82) is 5.41 Å². The Morgan fingerprint density at radius 1 is 1.31 bits per heavy atom. The molecule has 2 N–H and O–H groups in total. The summed E-state index contributed by atoms with van der Waals surface area (Å²) in [5.74, 6) is 0.223. The quantitative estimate of drug-likeness (QED) is 0.598. The molecule has 0 aliphatic rings. The van der Waals surface area contributed by atoms with Gasteiger partial charge in [0.05, 0.1) is 4.88 Å². The number of rotatable bonds is 2. The number of benzene rings is 1. The third kappa shape index (κ3) is 1.88. The highest BCUT2D eigenvalue weighted by Gasteiger charge is 2.13. The number of nitrogens with one attached hydrogen (secondary N) is 1. The van der Waals surface area contributed by atoms with E-state index in [2.05, 4.69) is 0 Å². The van der Waals surface area contributed by atoms with Gasteiger partial charge in [-0.15, -0.1) is 11.3 Å². The fraction of sp³-hybridized carbons (Fsp3) is 0.0833. The molecule has 2 rings (SSSR count). The number of aromatic hydroxyl groups is 1. The van der Waals surface area contributed by atoms with E-state index < -0.39 is 0 Å². The predicted octanol–water partition coefficient (Wildman–Crippen LogP) is 1.77. The molecule has 0 fully saturated rings. The van der Waals surface area contributed by atoms with Gasteiger partial charge in [0.2, 0.25) is 0 Å². The highest BCUT2D eigenvalue weighted by atomic mass is 32.1. The molecule has 0 saturated carbocycles. The van der Waals surface area contributed by atoms with Gasteiger partial charge in [0.25, 0.3) is 0 Å². The van der Waals surface area contributed by atoms with Crippen LogP contribution in [0.3, 0.4) is 0 Å². The lowest BCUT2D eigenvalue weighted by Crippen LogP contribution is -1.98. The molecule has 0 atom stereocenters. The van der Waals surface area contributed by atoms with E-state index in [4.69, 9.17) is 5.41 Å². The largest absolute Gasteiger partial charge is 0.506 e. The summed E-state index contributed by atoms with van der Waals surface area (Å²) >= 11 is 1.47. The van der Waals surface area contributed by atoms with Crippen LogP contribution in [0.1, 0.15) is 12.5 Å². The average molecular weight is 229 g/mol. The molecule has 0 unspecified atom stereocenters. The van der Waals surface area contributed by atoms with Gasteiger partial charge in [-0.25, -0.2) is 0 Å². The lowest BCUT2D eigenvalue weighted by atomic mass is 9.95. The van der Waals surface area contributed by atoms with Gasteiger partial charge in [-0.3, -0.25) is 0 Å². The van der Waals surface area contributed by atoms with Crippen LogP contribution < -0.4 is 5.46 Å². The molecule has 1 aromatic carbocycles. The molecule has 0 radical (unpaired) electrons. The predicted molar refractivity (Wildman–Crippen MR) is 72.1 cm³/mol. The maximum absolute atomic E-state index is 9.99. The Kier molecular flexibility index (Phi) is 2.83. The molecule has 0 spiro atoms. The maximum Gasteiger partial charge on any atom is 0.143 e. The van der Waals surface area contributed by atoms with E-state index in [1.165, 1.54) is 16.8 Å². The highest BCUT2D eigenvalue weighted by Crippen LogP contribution is 2.38. The van der Waals surface area contributed by atoms with E-state index in [0.29, 0.717) is 11.3 Å². The van der Waals surface area contributed by atoms with Crippen LogP contribution in [0, 0.1) is 5.41 Å². The third-order valence-electron chi connectivity index (χ3n) is 2.48. The molecule has 2 nitrogen and oxygen atoms in total. The van der Waals surface area contributed by atoms with Crippen molar-refractivity contribution in [3.05, 3.63) is 35.2 Å². The fourth-order valence-electron chi connectivity index (χ4n) is 1.53. The molecule has 0 amide bonds. The molecular formula is C12H12BNOS. The Hall–Kier alpha value is -1.55. The molecule has 80 valence electrons. The highest BCUT2D eigenvalue weighted by molar-refractivity contribution is 7.14. The Bertz CT molecular complexity index is 530. The lowest BCUT2D eigenvalue weighted by molar-refractivity contribution is 0.478. The summed E-state index contributed by atoms with van der Waals surface area (Å²) in [6.07, 6.45) is 0. The standard InChI is InChI=1S/C12H12BNOS/c1-7(14)10-6-16-12(11(10)15)8-2-4-9(13)5-3-8/h2-6,14-15H,13H2,1H3. The minimum absolute atomic E-state index is 0.223. The van der Waals surface area contributed by atoms with Gasteiger partial charge in [0.1, 0.15) is 13.6 Å². The molecule has 0 aliphatic carbocycles. The summed E-state index contributed by atoms with van der Waals surface area (Å²) in [6, 6.07) is 8.02. The molecule has 0 aliphatic heterocycles. The second kappa shape index (κ2) is 4.14. The summed E-state index contributed by atoms with van der Waals surface area (Å²) in [4.78, 5) is 0.835. The van der Waals surface area contributed by atoms with Crippen LogP contribution in [0.15, 0.2) is 29.6 Å². The normalized spacial score (nSPS) is 10.3. The first-order valence-corrected chi connectivity index (χ1v) is 5.90. The van der Waals surface area contributed by atoms with Crippen molar-refractivity contribution in [2.75, 3.05) is 0 Å².